The predicted molar refractivity (Wildman–Crippen MR) is 49.5 cm³/mol. The van der Waals surface area contributed by atoms with E-state index in [-0.39, 0.29) is 18.6 Å². The van der Waals surface area contributed by atoms with Crippen LogP contribution in [0, 0.1) is 0 Å². The molecule has 0 bridgehead atoms. The number of ketones is 1. The van der Waals surface area contributed by atoms with Crippen molar-refractivity contribution in [1.82, 2.24) is 0 Å². The lowest BCUT2D eigenvalue weighted by Gasteiger charge is -2.07. The maximum absolute atomic E-state index is 10.9. The molecule has 70 valence electrons. The fourth-order valence-electron chi connectivity index (χ4n) is 0.673. The molecule has 3 nitrogen and oxygen atoms in total. The number of hydrogen-bond donors (Lipinski definition) is 1. The third-order valence-corrected chi connectivity index (χ3v) is 1.56. The zero-order valence-electron chi connectivity index (χ0n) is 6.75. The standard InChI is InChI=1S/C7H11ClO3S/c1-2-11-7(12)4-5(9)3-6(8)10/h7,12H,2-4H2,1H3. The van der Waals surface area contributed by atoms with Crippen molar-refractivity contribution < 1.29 is 14.3 Å². The summed E-state index contributed by atoms with van der Waals surface area (Å²) < 4.78 is 4.98. The van der Waals surface area contributed by atoms with Crippen molar-refractivity contribution in [2.45, 2.75) is 25.2 Å². The highest BCUT2D eigenvalue weighted by atomic mass is 35.5. The molecule has 0 heterocycles. The quantitative estimate of drug-likeness (QED) is 0.312. The lowest BCUT2D eigenvalue weighted by Crippen LogP contribution is -2.13. The first kappa shape index (κ1) is 11.9. The van der Waals surface area contributed by atoms with Gasteiger partial charge in [0.15, 0.2) is 0 Å². The molecule has 0 spiro atoms. The molecule has 0 aliphatic heterocycles. The molecule has 0 aromatic heterocycles. The van der Waals surface area contributed by atoms with Gasteiger partial charge in [0.05, 0.1) is 6.42 Å². The van der Waals surface area contributed by atoms with Crippen LogP contribution in [0.15, 0.2) is 0 Å². The van der Waals surface area contributed by atoms with Crippen molar-refractivity contribution in [2.75, 3.05) is 6.61 Å². The van der Waals surface area contributed by atoms with E-state index < -0.39 is 10.7 Å². The van der Waals surface area contributed by atoms with Crippen molar-refractivity contribution >= 4 is 35.3 Å². The van der Waals surface area contributed by atoms with Gasteiger partial charge in [-0.3, -0.25) is 9.59 Å². The fraction of sp³-hybridized carbons (Fsp3) is 0.714. The van der Waals surface area contributed by atoms with E-state index in [0.29, 0.717) is 6.61 Å². The van der Waals surface area contributed by atoms with Gasteiger partial charge >= 0.3 is 0 Å². The number of carbonyl (C=O) groups is 2. The second-order valence-electron chi connectivity index (χ2n) is 2.18. The molecule has 1 unspecified atom stereocenters. The molecule has 0 aromatic carbocycles. The first-order chi connectivity index (χ1) is 5.56. The number of ether oxygens (including phenoxy) is 1. The molecule has 0 saturated heterocycles. The Morgan fingerprint density at radius 2 is 2.17 bits per heavy atom. The van der Waals surface area contributed by atoms with Gasteiger partial charge in [-0.2, -0.15) is 0 Å². The Labute approximate surface area is 81.8 Å². The number of thiol groups is 1. The Morgan fingerprint density at radius 3 is 2.58 bits per heavy atom. The third kappa shape index (κ3) is 6.64. The van der Waals surface area contributed by atoms with Gasteiger partial charge in [-0.15, -0.1) is 12.6 Å². The van der Waals surface area contributed by atoms with Gasteiger partial charge in [0, 0.05) is 13.0 Å². The third-order valence-electron chi connectivity index (χ3n) is 1.10. The minimum Gasteiger partial charge on any atom is -0.368 e. The molecule has 1 atom stereocenters. The van der Waals surface area contributed by atoms with Crippen LogP contribution in [-0.4, -0.2) is 23.1 Å². The van der Waals surface area contributed by atoms with Crippen LogP contribution < -0.4 is 0 Å². The summed E-state index contributed by atoms with van der Waals surface area (Å²) in [5.74, 6) is -0.247. The molecule has 0 aromatic rings. The lowest BCUT2D eigenvalue weighted by atomic mass is 10.2. The van der Waals surface area contributed by atoms with Gasteiger partial charge in [-0.25, -0.2) is 0 Å². The van der Waals surface area contributed by atoms with Crippen LogP contribution in [-0.2, 0) is 14.3 Å². The molecular weight excluding hydrogens is 200 g/mol. The van der Waals surface area contributed by atoms with Gasteiger partial charge in [0.25, 0.3) is 0 Å². The summed E-state index contributed by atoms with van der Waals surface area (Å²) in [7, 11) is 0. The Hall–Kier alpha value is -0.0600. The number of carbonyl (C=O) groups excluding carboxylic acids is 2. The Morgan fingerprint density at radius 1 is 1.58 bits per heavy atom. The molecular formula is C7H11ClO3S. The van der Waals surface area contributed by atoms with Crippen LogP contribution >= 0.6 is 24.2 Å². The molecule has 0 fully saturated rings. The number of rotatable bonds is 6. The molecule has 0 aliphatic carbocycles. The van der Waals surface area contributed by atoms with Crippen molar-refractivity contribution in [3.05, 3.63) is 0 Å². The van der Waals surface area contributed by atoms with Gasteiger partial charge in [-0.1, -0.05) is 0 Å². The van der Waals surface area contributed by atoms with Crippen LogP contribution in [0.5, 0.6) is 0 Å². The minimum absolute atomic E-state index is 0.120. The number of Topliss-reactive ketones (excluding diaryl/α,β-unsaturated/α-hetero) is 1. The zero-order chi connectivity index (χ0) is 9.56. The van der Waals surface area contributed by atoms with Crippen molar-refractivity contribution in [3.8, 4) is 0 Å². The summed E-state index contributed by atoms with van der Waals surface area (Å²) >= 11 is 8.98. The molecule has 0 rings (SSSR count). The summed E-state index contributed by atoms with van der Waals surface area (Å²) in [6.07, 6.45) is -0.124. The predicted octanol–water partition coefficient (Wildman–Crippen LogP) is 1.39. The SMILES string of the molecule is CCOC(S)CC(=O)CC(=O)Cl. The first-order valence-corrected chi connectivity index (χ1v) is 4.45. The topological polar surface area (TPSA) is 43.4 Å². The van der Waals surface area contributed by atoms with Crippen LogP contribution in [0.3, 0.4) is 0 Å². The Kier molecular flexibility index (Phi) is 6.42. The molecule has 0 saturated carbocycles. The normalized spacial score (nSPS) is 12.6. The van der Waals surface area contributed by atoms with E-state index in [1.807, 2.05) is 0 Å². The molecule has 12 heavy (non-hydrogen) atoms. The highest BCUT2D eigenvalue weighted by Gasteiger charge is 2.11. The van der Waals surface area contributed by atoms with Gasteiger partial charge in [-0.05, 0) is 18.5 Å². The fourth-order valence-corrected chi connectivity index (χ4v) is 1.18. The van der Waals surface area contributed by atoms with Gasteiger partial charge < -0.3 is 4.74 Å². The van der Waals surface area contributed by atoms with E-state index in [0.717, 1.165) is 0 Å². The second kappa shape index (κ2) is 6.46. The summed E-state index contributed by atoms with van der Waals surface area (Å²) in [5.41, 5.74) is -0.432. The molecule has 0 amide bonds. The van der Waals surface area contributed by atoms with Crippen LogP contribution in [0.4, 0.5) is 0 Å². The highest BCUT2D eigenvalue weighted by molar-refractivity contribution is 7.80. The van der Waals surface area contributed by atoms with Crippen molar-refractivity contribution in [2.24, 2.45) is 0 Å². The van der Waals surface area contributed by atoms with E-state index in [9.17, 15) is 9.59 Å². The van der Waals surface area contributed by atoms with E-state index >= 15 is 0 Å². The van der Waals surface area contributed by atoms with Crippen molar-refractivity contribution in [1.29, 1.82) is 0 Å². The number of hydrogen-bond acceptors (Lipinski definition) is 4. The van der Waals surface area contributed by atoms with Crippen molar-refractivity contribution in [3.63, 3.8) is 0 Å². The van der Waals surface area contributed by atoms with E-state index in [1.165, 1.54) is 0 Å². The summed E-state index contributed by atoms with van der Waals surface area (Å²) in [4.78, 5) is 21.2. The van der Waals surface area contributed by atoms with E-state index in [1.54, 1.807) is 6.92 Å². The summed E-state index contributed by atoms with van der Waals surface area (Å²) in [6, 6.07) is 0. The van der Waals surface area contributed by atoms with Gasteiger partial charge in [0.2, 0.25) is 5.24 Å². The first-order valence-electron chi connectivity index (χ1n) is 3.56. The summed E-state index contributed by atoms with van der Waals surface area (Å²) in [5, 5.41) is -0.642. The van der Waals surface area contributed by atoms with Gasteiger partial charge in [0.1, 0.15) is 11.2 Å². The smallest absolute Gasteiger partial charge is 0.229 e. The average molecular weight is 211 g/mol. The highest BCUT2D eigenvalue weighted by Crippen LogP contribution is 2.06. The Balaban J connectivity index is 3.61. The summed E-state index contributed by atoms with van der Waals surface area (Å²) in [6.45, 7) is 2.30. The molecule has 5 heteroatoms. The zero-order valence-corrected chi connectivity index (χ0v) is 8.40. The largest absolute Gasteiger partial charge is 0.368 e. The van der Waals surface area contributed by atoms with E-state index in [4.69, 9.17) is 16.3 Å². The lowest BCUT2D eigenvalue weighted by molar-refractivity contribution is -0.124. The molecule has 0 aliphatic rings. The molecule has 0 radical (unpaired) electrons. The molecule has 0 N–H and O–H groups in total. The Bertz CT molecular complexity index is 172. The van der Waals surface area contributed by atoms with Crippen LogP contribution in [0.1, 0.15) is 19.8 Å². The number of halogens is 1. The minimum atomic E-state index is -0.642. The second-order valence-corrected chi connectivity index (χ2v) is 3.18. The maximum Gasteiger partial charge on any atom is 0.229 e. The monoisotopic (exact) mass is 210 g/mol. The average Bonchev–Trinajstić information content (AvgIpc) is 1.84. The van der Waals surface area contributed by atoms with E-state index in [2.05, 4.69) is 12.6 Å². The maximum atomic E-state index is 10.9. The van der Waals surface area contributed by atoms with Crippen LogP contribution in [0.2, 0.25) is 0 Å². The van der Waals surface area contributed by atoms with Crippen LogP contribution in [0.25, 0.3) is 0 Å².